The molecule has 15 heavy (non-hydrogen) atoms. The van der Waals surface area contributed by atoms with Crippen molar-refractivity contribution < 1.29 is 21.7 Å². The minimum atomic E-state index is -0.0482. The molecule has 4 heteroatoms. The molecular formula is C11H23ClN2O. The predicted molar refractivity (Wildman–Crippen MR) is 59.9 cm³/mol. The van der Waals surface area contributed by atoms with E-state index in [1.165, 1.54) is 0 Å². The smallest absolute Gasteiger partial charge is 0.246 e. The van der Waals surface area contributed by atoms with Crippen molar-refractivity contribution in [3.05, 3.63) is 12.2 Å². The molecule has 0 aliphatic carbocycles. The Labute approximate surface area is 99.5 Å². The molecule has 0 bridgehead atoms. The second-order valence-corrected chi connectivity index (χ2v) is 4.43. The lowest BCUT2D eigenvalue weighted by Crippen LogP contribution is -3.00. The van der Waals surface area contributed by atoms with Gasteiger partial charge in [0, 0.05) is 5.57 Å². The second kappa shape index (κ2) is 6.85. The molecular weight excluding hydrogens is 212 g/mol. The summed E-state index contributed by atoms with van der Waals surface area (Å²) in [5, 5.41) is 2.87. The van der Waals surface area contributed by atoms with Crippen LogP contribution in [-0.4, -0.2) is 43.6 Å². The van der Waals surface area contributed by atoms with Crippen LogP contribution in [0.2, 0.25) is 0 Å². The molecule has 0 aliphatic heterocycles. The minimum Gasteiger partial charge on any atom is -1.00 e. The molecule has 0 radical (unpaired) electrons. The molecule has 0 aliphatic rings. The van der Waals surface area contributed by atoms with Crippen LogP contribution in [0.25, 0.3) is 0 Å². The number of quaternary nitrogens is 1. The lowest BCUT2D eigenvalue weighted by Gasteiger charge is -2.35. The maximum absolute atomic E-state index is 11.2. The van der Waals surface area contributed by atoms with Crippen molar-refractivity contribution in [2.75, 3.05) is 27.2 Å². The normalized spacial score (nSPS) is 12.6. The van der Waals surface area contributed by atoms with Gasteiger partial charge in [-0.1, -0.05) is 6.58 Å². The van der Waals surface area contributed by atoms with E-state index in [1.54, 1.807) is 6.92 Å². The Bertz CT molecular complexity index is 227. The van der Waals surface area contributed by atoms with Gasteiger partial charge in [0.1, 0.15) is 6.04 Å². The summed E-state index contributed by atoms with van der Waals surface area (Å²) >= 11 is 0. The number of nitrogens with zero attached hydrogens (tertiary/aromatic N) is 1. The van der Waals surface area contributed by atoms with Gasteiger partial charge in [-0.15, -0.1) is 0 Å². The Balaban J connectivity index is 0. The lowest BCUT2D eigenvalue weighted by atomic mass is 10.2. The average molecular weight is 235 g/mol. The van der Waals surface area contributed by atoms with Crippen LogP contribution in [-0.2, 0) is 4.79 Å². The number of hydrogen-bond donors (Lipinski definition) is 1. The molecule has 0 aromatic rings. The van der Waals surface area contributed by atoms with Crippen LogP contribution in [0.3, 0.4) is 0 Å². The first-order chi connectivity index (χ1) is 6.31. The van der Waals surface area contributed by atoms with Gasteiger partial charge < -0.3 is 22.2 Å². The Hall–Kier alpha value is -0.540. The van der Waals surface area contributed by atoms with E-state index in [1.807, 2.05) is 0 Å². The van der Waals surface area contributed by atoms with E-state index in [0.717, 1.165) is 11.0 Å². The summed E-state index contributed by atoms with van der Waals surface area (Å²) in [7, 11) is 4.33. The van der Waals surface area contributed by atoms with Crippen LogP contribution in [0.4, 0.5) is 0 Å². The highest BCUT2D eigenvalue weighted by Crippen LogP contribution is 2.04. The third-order valence-corrected chi connectivity index (χ3v) is 2.95. The van der Waals surface area contributed by atoms with Gasteiger partial charge in [-0.05, 0) is 20.8 Å². The van der Waals surface area contributed by atoms with Crippen LogP contribution >= 0.6 is 0 Å². The monoisotopic (exact) mass is 234 g/mol. The van der Waals surface area contributed by atoms with E-state index in [9.17, 15) is 4.79 Å². The fourth-order valence-electron chi connectivity index (χ4n) is 0.950. The summed E-state index contributed by atoms with van der Waals surface area (Å²) < 4.78 is 0.913. The number of carbonyl (C=O) groups excluding carboxylic acids is 1. The van der Waals surface area contributed by atoms with Crippen molar-refractivity contribution in [2.24, 2.45) is 0 Å². The van der Waals surface area contributed by atoms with E-state index in [-0.39, 0.29) is 18.3 Å². The third-order valence-electron chi connectivity index (χ3n) is 2.95. The molecule has 1 atom stereocenters. The van der Waals surface area contributed by atoms with Crippen molar-refractivity contribution in [3.63, 3.8) is 0 Å². The molecule has 1 unspecified atom stereocenters. The van der Waals surface area contributed by atoms with Gasteiger partial charge in [0.15, 0.2) is 0 Å². The van der Waals surface area contributed by atoms with Crippen molar-refractivity contribution in [2.45, 2.75) is 26.8 Å². The zero-order chi connectivity index (χ0) is 11.4. The van der Waals surface area contributed by atoms with E-state index in [0.29, 0.717) is 18.2 Å². The molecule has 90 valence electrons. The third kappa shape index (κ3) is 5.80. The van der Waals surface area contributed by atoms with Gasteiger partial charge in [-0.3, -0.25) is 4.79 Å². The summed E-state index contributed by atoms with van der Waals surface area (Å²) in [4.78, 5) is 11.2. The predicted octanol–water partition coefficient (Wildman–Crippen LogP) is -1.83. The van der Waals surface area contributed by atoms with Gasteiger partial charge in [-0.25, -0.2) is 0 Å². The van der Waals surface area contributed by atoms with E-state index < -0.39 is 0 Å². The molecule has 1 amide bonds. The molecule has 0 saturated carbocycles. The van der Waals surface area contributed by atoms with Crippen LogP contribution < -0.4 is 17.7 Å². The van der Waals surface area contributed by atoms with Crippen molar-refractivity contribution >= 4 is 5.91 Å². The summed E-state index contributed by atoms with van der Waals surface area (Å²) in [6, 6.07) is 0.420. The molecule has 0 spiro atoms. The number of rotatable bonds is 5. The van der Waals surface area contributed by atoms with Gasteiger partial charge in [0.25, 0.3) is 0 Å². The molecule has 3 nitrogen and oxygen atoms in total. The molecule has 0 rings (SSSR count). The molecule has 1 N–H and O–H groups in total. The van der Waals surface area contributed by atoms with E-state index >= 15 is 0 Å². The van der Waals surface area contributed by atoms with Crippen LogP contribution in [0.5, 0.6) is 0 Å². The van der Waals surface area contributed by atoms with Crippen molar-refractivity contribution in [1.82, 2.24) is 5.32 Å². The summed E-state index contributed by atoms with van der Waals surface area (Å²) in [6.07, 6.45) is 0. The fraction of sp³-hybridized carbons (Fsp3) is 0.727. The SMILES string of the molecule is C=C(C)C(=O)NCC(C)[N+](C)(C)CC.[Cl-]. The van der Waals surface area contributed by atoms with Gasteiger partial charge in [-0.2, -0.15) is 0 Å². The van der Waals surface area contributed by atoms with Crippen LogP contribution in [0, 0.1) is 0 Å². The number of halogens is 1. The fourth-order valence-corrected chi connectivity index (χ4v) is 0.950. The summed E-state index contributed by atoms with van der Waals surface area (Å²) in [6.45, 7) is 11.4. The van der Waals surface area contributed by atoms with Gasteiger partial charge in [0.05, 0.1) is 27.2 Å². The first-order valence-electron chi connectivity index (χ1n) is 5.07. The highest BCUT2D eigenvalue weighted by molar-refractivity contribution is 5.92. The number of carbonyl (C=O) groups is 1. The first-order valence-corrected chi connectivity index (χ1v) is 5.07. The highest BCUT2D eigenvalue weighted by Gasteiger charge is 2.21. The van der Waals surface area contributed by atoms with Gasteiger partial charge in [0.2, 0.25) is 5.91 Å². The second-order valence-electron chi connectivity index (χ2n) is 4.43. The Morgan fingerprint density at radius 1 is 1.47 bits per heavy atom. The Kier molecular flexibility index (Phi) is 7.71. The number of hydrogen-bond acceptors (Lipinski definition) is 1. The Morgan fingerprint density at radius 2 is 1.93 bits per heavy atom. The lowest BCUT2D eigenvalue weighted by molar-refractivity contribution is -0.910. The van der Waals surface area contributed by atoms with Crippen LogP contribution in [0.1, 0.15) is 20.8 Å². The number of nitrogens with one attached hydrogen (secondary N) is 1. The maximum Gasteiger partial charge on any atom is 0.246 e. The van der Waals surface area contributed by atoms with E-state index in [4.69, 9.17) is 0 Å². The molecule has 0 saturated heterocycles. The molecule has 0 aromatic carbocycles. The standard InChI is InChI=1S/C11H22N2O.ClH/c1-7-13(5,6)10(4)8-12-11(14)9(2)3;/h10H,2,7-8H2,1,3-6H3;1H. The summed E-state index contributed by atoms with van der Waals surface area (Å²) in [5.74, 6) is -0.0482. The molecule has 0 aromatic heterocycles. The highest BCUT2D eigenvalue weighted by atomic mass is 35.5. The quantitative estimate of drug-likeness (QED) is 0.440. The number of amides is 1. The van der Waals surface area contributed by atoms with Crippen molar-refractivity contribution in [3.8, 4) is 0 Å². The maximum atomic E-state index is 11.2. The van der Waals surface area contributed by atoms with Crippen molar-refractivity contribution in [1.29, 1.82) is 0 Å². The van der Waals surface area contributed by atoms with E-state index in [2.05, 4.69) is 39.8 Å². The zero-order valence-electron chi connectivity index (χ0n) is 10.4. The Morgan fingerprint density at radius 3 is 2.27 bits per heavy atom. The zero-order valence-corrected chi connectivity index (χ0v) is 11.2. The minimum absolute atomic E-state index is 0. The number of likely N-dealkylation sites (N-methyl/N-ethyl adjacent to an activating group) is 1. The average Bonchev–Trinajstić information content (AvgIpc) is 2.13. The largest absolute Gasteiger partial charge is 1.00 e. The van der Waals surface area contributed by atoms with Gasteiger partial charge >= 0.3 is 0 Å². The molecule has 0 fully saturated rings. The molecule has 0 heterocycles. The summed E-state index contributed by atoms with van der Waals surface area (Å²) in [5.41, 5.74) is 0.569. The topological polar surface area (TPSA) is 29.1 Å². The van der Waals surface area contributed by atoms with Crippen LogP contribution in [0.15, 0.2) is 12.2 Å². The first kappa shape index (κ1) is 16.9.